The molecule has 0 bridgehead atoms. The molecule has 0 aliphatic heterocycles. The molecule has 0 aliphatic carbocycles. The zero-order chi connectivity index (χ0) is 14.2. The molecule has 1 N–H and O–H groups in total. The predicted octanol–water partition coefficient (Wildman–Crippen LogP) is 4.60. The maximum absolute atomic E-state index is 3.61. The first kappa shape index (κ1) is 15.3. The van der Waals surface area contributed by atoms with Gasteiger partial charge in [0.05, 0.1) is 0 Å². The van der Waals surface area contributed by atoms with Crippen molar-refractivity contribution in [3.8, 4) is 0 Å². The molecule has 0 fully saturated rings. The van der Waals surface area contributed by atoms with Crippen LogP contribution in [-0.2, 0) is 12.8 Å². The second-order valence-electron chi connectivity index (χ2n) is 5.11. The average Bonchev–Trinajstić information content (AvgIpc) is 2.46. The molecule has 2 aromatic carbocycles. The molecule has 1 nitrogen and oxygen atoms in total. The fraction of sp³-hybridized carbons (Fsp3) is 0.333. The van der Waals surface area contributed by atoms with E-state index in [4.69, 9.17) is 0 Å². The summed E-state index contributed by atoms with van der Waals surface area (Å²) in [5.41, 5.74) is 2.81. The van der Waals surface area contributed by atoms with E-state index in [1.165, 1.54) is 17.5 Å². The van der Waals surface area contributed by atoms with Gasteiger partial charge in [-0.25, -0.2) is 0 Å². The van der Waals surface area contributed by atoms with Crippen LogP contribution in [0.5, 0.6) is 0 Å². The van der Waals surface area contributed by atoms with Crippen molar-refractivity contribution in [2.24, 2.45) is 0 Å². The number of likely N-dealkylation sites (N-methyl/N-ethyl adjacent to an activating group) is 1. The summed E-state index contributed by atoms with van der Waals surface area (Å²) in [6, 6.07) is 19.9. The molecule has 0 heterocycles. The van der Waals surface area contributed by atoms with Crippen molar-refractivity contribution in [3.05, 3.63) is 70.2 Å². The van der Waals surface area contributed by atoms with E-state index in [2.05, 4.69) is 82.8 Å². The lowest BCUT2D eigenvalue weighted by Gasteiger charge is -2.18. The zero-order valence-corrected chi connectivity index (χ0v) is 13.6. The van der Waals surface area contributed by atoms with Crippen molar-refractivity contribution in [1.82, 2.24) is 5.32 Å². The highest BCUT2D eigenvalue weighted by Gasteiger charge is 2.09. The van der Waals surface area contributed by atoms with Crippen LogP contribution in [-0.4, -0.2) is 12.6 Å². The van der Waals surface area contributed by atoms with E-state index >= 15 is 0 Å². The van der Waals surface area contributed by atoms with Crippen LogP contribution in [0.2, 0.25) is 0 Å². The van der Waals surface area contributed by atoms with Crippen molar-refractivity contribution in [2.75, 3.05) is 6.54 Å². The van der Waals surface area contributed by atoms with Crippen LogP contribution < -0.4 is 5.32 Å². The number of halogens is 1. The van der Waals surface area contributed by atoms with Crippen LogP contribution in [0.3, 0.4) is 0 Å². The average molecular weight is 332 g/mol. The molecular formula is C18H22BrN. The van der Waals surface area contributed by atoms with Gasteiger partial charge >= 0.3 is 0 Å². The Kier molecular flexibility index (Phi) is 6.28. The molecule has 2 heteroatoms. The molecule has 0 amide bonds. The summed E-state index contributed by atoms with van der Waals surface area (Å²) in [6.07, 6.45) is 3.39. The van der Waals surface area contributed by atoms with Gasteiger partial charge in [0.25, 0.3) is 0 Å². The molecule has 1 atom stereocenters. The fourth-order valence-corrected chi connectivity index (χ4v) is 2.95. The van der Waals surface area contributed by atoms with Gasteiger partial charge in [0.2, 0.25) is 0 Å². The van der Waals surface area contributed by atoms with Gasteiger partial charge in [-0.2, -0.15) is 0 Å². The summed E-state index contributed by atoms with van der Waals surface area (Å²) < 4.78 is 1.16. The second-order valence-corrected chi connectivity index (χ2v) is 6.03. The molecule has 0 aromatic heterocycles. The third kappa shape index (κ3) is 5.10. The van der Waals surface area contributed by atoms with E-state index in [9.17, 15) is 0 Å². The molecule has 0 spiro atoms. The Balaban J connectivity index is 1.93. The lowest BCUT2D eigenvalue weighted by atomic mass is 9.99. The Morgan fingerprint density at radius 3 is 2.45 bits per heavy atom. The van der Waals surface area contributed by atoms with Gasteiger partial charge in [0.1, 0.15) is 0 Å². The summed E-state index contributed by atoms with van der Waals surface area (Å²) in [7, 11) is 0. The Morgan fingerprint density at radius 2 is 1.75 bits per heavy atom. The van der Waals surface area contributed by atoms with Gasteiger partial charge in [0, 0.05) is 10.5 Å². The van der Waals surface area contributed by atoms with E-state index in [0.29, 0.717) is 6.04 Å². The lowest BCUT2D eigenvalue weighted by molar-refractivity contribution is 0.491. The maximum Gasteiger partial charge on any atom is 0.0178 e. The van der Waals surface area contributed by atoms with Gasteiger partial charge in [-0.3, -0.25) is 0 Å². The summed E-state index contributed by atoms with van der Waals surface area (Å²) in [5.74, 6) is 0. The first-order valence-electron chi connectivity index (χ1n) is 7.29. The number of hydrogen-bond donors (Lipinski definition) is 1. The minimum Gasteiger partial charge on any atom is -0.314 e. The molecular weight excluding hydrogens is 310 g/mol. The monoisotopic (exact) mass is 331 g/mol. The maximum atomic E-state index is 3.61. The largest absolute Gasteiger partial charge is 0.314 e. The smallest absolute Gasteiger partial charge is 0.0178 e. The van der Waals surface area contributed by atoms with Crippen LogP contribution in [0.25, 0.3) is 0 Å². The highest BCUT2D eigenvalue weighted by molar-refractivity contribution is 9.10. The van der Waals surface area contributed by atoms with Gasteiger partial charge in [-0.15, -0.1) is 0 Å². The van der Waals surface area contributed by atoms with E-state index < -0.39 is 0 Å². The number of benzene rings is 2. The molecule has 0 radical (unpaired) electrons. The quantitative estimate of drug-likeness (QED) is 0.781. The van der Waals surface area contributed by atoms with Crippen molar-refractivity contribution >= 4 is 15.9 Å². The van der Waals surface area contributed by atoms with Crippen molar-refractivity contribution in [3.63, 3.8) is 0 Å². The third-order valence-corrected chi connectivity index (χ3v) is 3.98. The summed E-state index contributed by atoms with van der Waals surface area (Å²) in [4.78, 5) is 0. The fourth-order valence-electron chi connectivity index (χ4n) is 2.50. The predicted molar refractivity (Wildman–Crippen MR) is 90.1 cm³/mol. The minimum absolute atomic E-state index is 0.537. The van der Waals surface area contributed by atoms with E-state index in [-0.39, 0.29) is 0 Å². The van der Waals surface area contributed by atoms with Gasteiger partial charge < -0.3 is 5.32 Å². The van der Waals surface area contributed by atoms with Crippen LogP contribution in [0, 0.1) is 0 Å². The molecule has 1 unspecified atom stereocenters. The molecule has 20 heavy (non-hydrogen) atoms. The Bertz CT molecular complexity index is 510. The Morgan fingerprint density at radius 1 is 1.00 bits per heavy atom. The third-order valence-electron chi connectivity index (χ3n) is 3.49. The van der Waals surface area contributed by atoms with E-state index in [1.54, 1.807) is 0 Å². The lowest BCUT2D eigenvalue weighted by Crippen LogP contribution is -2.31. The second kappa shape index (κ2) is 8.23. The Labute approximate surface area is 130 Å². The zero-order valence-electron chi connectivity index (χ0n) is 12.0. The van der Waals surface area contributed by atoms with Crippen LogP contribution in [0.15, 0.2) is 59.1 Å². The highest BCUT2D eigenvalue weighted by atomic mass is 79.9. The highest BCUT2D eigenvalue weighted by Crippen LogP contribution is 2.15. The number of hydrogen-bond acceptors (Lipinski definition) is 1. The van der Waals surface area contributed by atoms with Gasteiger partial charge in [-0.05, 0) is 49.1 Å². The van der Waals surface area contributed by atoms with Gasteiger partial charge in [0.15, 0.2) is 0 Å². The first-order chi connectivity index (χ1) is 9.78. The topological polar surface area (TPSA) is 12.0 Å². The van der Waals surface area contributed by atoms with Crippen molar-refractivity contribution in [1.29, 1.82) is 0 Å². The number of aryl methyl sites for hydroxylation is 1. The number of rotatable bonds is 7. The molecule has 106 valence electrons. The minimum atomic E-state index is 0.537. The normalized spacial score (nSPS) is 12.3. The van der Waals surface area contributed by atoms with Crippen molar-refractivity contribution in [2.45, 2.75) is 32.2 Å². The van der Waals surface area contributed by atoms with E-state index in [0.717, 1.165) is 23.9 Å². The standard InChI is InChI=1S/C18H22BrN/c1-2-20-18(12-11-15-7-4-3-5-8-15)14-16-9-6-10-17(19)13-16/h3-10,13,18,20H,2,11-12,14H2,1H3. The van der Waals surface area contributed by atoms with Crippen molar-refractivity contribution < 1.29 is 0 Å². The van der Waals surface area contributed by atoms with Gasteiger partial charge in [-0.1, -0.05) is 65.3 Å². The Hall–Kier alpha value is -1.12. The van der Waals surface area contributed by atoms with Crippen LogP contribution in [0.4, 0.5) is 0 Å². The molecule has 0 saturated carbocycles. The summed E-state index contributed by atoms with van der Waals surface area (Å²) >= 11 is 3.55. The van der Waals surface area contributed by atoms with Crippen LogP contribution >= 0.6 is 15.9 Å². The number of nitrogens with one attached hydrogen (secondary N) is 1. The SMILES string of the molecule is CCNC(CCc1ccccc1)Cc1cccc(Br)c1. The van der Waals surface area contributed by atoms with E-state index in [1.807, 2.05) is 0 Å². The summed E-state index contributed by atoms with van der Waals surface area (Å²) in [5, 5.41) is 3.61. The summed E-state index contributed by atoms with van der Waals surface area (Å²) in [6.45, 7) is 3.20. The first-order valence-corrected chi connectivity index (χ1v) is 8.09. The molecule has 2 aromatic rings. The van der Waals surface area contributed by atoms with Crippen LogP contribution in [0.1, 0.15) is 24.5 Å². The molecule has 2 rings (SSSR count). The molecule has 0 saturated heterocycles. The molecule has 0 aliphatic rings.